The van der Waals surface area contributed by atoms with E-state index >= 15 is 0 Å². The van der Waals surface area contributed by atoms with Gasteiger partial charge in [-0.2, -0.15) is 5.26 Å². The highest BCUT2D eigenvalue weighted by molar-refractivity contribution is 9.10. The van der Waals surface area contributed by atoms with Crippen molar-refractivity contribution in [2.45, 2.75) is 5.75 Å². The Bertz CT molecular complexity index is 799. The molecule has 0 aliphatic rings. The third kappa shape index (κ3) is 4.46. The summed E-state index contributed by atoms with van der Waals surface area (Å²) in [4.78, 5) is 0. The molecule has 108 valence electrons. The molecule has 0 unspecified atom stereocenters. The molecular weight excluding hydrogens is 376 g/mol. The van der Waals surface area contributed by atoms with Crippen molar-refractivity contribution in [3.8, 4) is 6.07 Å². The van der Waals surface area contributed by atoms with Gasteiger partial charge < -0.3 is 0 Å². The maximum absolute atomic E-state index is 12.1. The van der Waals surface area contributed by atoms with Crippen LogP contribution in [0.3, 0.4) is 0 Å². The molecule has 2 aromatic rings. The van der Waals surface area contributed by atoms with E-state index in [1.807, 2.05) is 6.07 Å². The van der Waals surface area contributed by atoms with Crippen molar-refractivity contribution >= 4 is 43.2 Å². The minimum atomic E-state index is -3.54. The van der Waals surface area contributed by atoms with Gasteiger partial charge in [0, 0.05) is 4.47 Å². The summed E-state index contributed by atoms with van der Waals surface area (Å²) < 4.78 is 27.3. The molecule has 2 rings (SSSR count). The number of hydrogen-bond donors (Lipinski definition) is 1. The van der Waals surface area contributed by atoms with Gasteiger partial charge in [-0.1, -0.05) is 23.7 Å². The van der Waals surface area contributed by atoms with Gasteiger partial charge in [-0.15, -0.1) is 0 Å². The Morgan fingerprint density at radius 3 is 2.43 bits per heavy atom. The van der Waals surface area contributed by atoms with E-state index < -0.39 is 10.0 Å². The monoisotopic (exact) mass is 384 g/mol. The van der Waals surface area contributed by atoms with Gasteiger partial charge in [0.2, 0.25) is 10.0 Å². The van der Waals surface area contributed by atoms with Crippen LogP contribution in [0.15, 0.2) is 46.9 Å². The van der Waals surface area contributed by atoms with Crippen LogP contribution >= 0.6 is 27.5 Å². The Hall–Kier alpha value is -1.55. The molecule has 0 aliphatic heterocycles. The Morgan fingerprint density at radius 2 is 1.86 bits per heavy atom. The number of nitrogens with zero attached hydrogens (tertiary/aromatic N) is 1. The van der Waals surface area contributed by atoms with Crippen LogP contribution < -0.4 is 4.72 Å². The third-order valence-electron chi connectivity index (χ3n) is 2.63. The van der Waals surface area contributed by atoms with Crippen LogP contribution in [0.4, 0.5) is 5.69 Å². The van der Waals surface area contributed by atoms with Crippen LogP contribution in [-0.2, 0) is 15.8 Å². The maximum atomic E-state index is 12.1. The van der Waals surface area contributed by atoms with E-state index in [1.54, 1.807) is 36.4 Å². The van der Waals surface area contributed by atoms with Crippen molar-refractivity contribution in [3.63, 3.8) is 0 Å². The Labute approximate surface area is 136 Å². The zero-order chi connectivity index (χ0) is 15.5. The predicted octanol–water partition coefficient (Wildman–Crippen LogP) is 3.92. The molecule has 1 N–H and O–H groups in total. The average Bonchev–Trinajstić information content (AvgIpc) is 2.43. The molecule has 0 spiro atoms. The first kappa shape index (κ1) is 15.8. The fraction of sp³-hybridized carbons (Fsp3) is 0.0714. The topological polar surface area (TPSA) is 70.0 Å². The summed E-state index contributed by atoms with van der Waals surface area (Å²) in [6.07, 6.45) is 0. The summed E-state index contributed by atoms with van der Waals surface area (Å²) in [5.41, 5.74) is 1.49. The zero-order valence-corrected chi connectivity index (χ0v) is 13.8. The van der Waals surface area contributed by atoms with E-state index in [0.717, 1.165) is 0 Å². The number of rotatable bonds is 4. The van der Waals surface area contributed by atoms with E-state index in [0.29, 0.717) is 26.3 Å². The Balaban J connectivity index is 2.14. The molecule has 0 heterocycles. The second kappa shape index (κ2) is 6.48. The molecule has 4 nitrogen and oxygen atoms in total. The number of nitriles is 1. The Kier molecular flexibility index (Phi) is 4.88. The van der Waals surface area contributed by atoms with Crippen LogP contribution in [0.5, 0.6) is 0 Å². The van der Waals surface area contributed by atoms with Gasteiger partial charge in [0.1, 0.15) is 0 Å². The highest BCUT2D eigenvalue weighted by Crippen LogP contribution is 2.26. The lowest BCUT2D eigenvalue weighted by atomic mass is 10.2. The first-order valence-corrected chi connectivity index (χ1v) is 8.66. The van der Waals surface area contributed by atoms with E-state index in [2.05, 4.69) is 20.7 Å². The molecule has 0 aliphatic carbocycles. The normalized spacial score (nSPS) is 10.9. The lowest BCUT2D eigenvalue weighted by Gasteiger charge is -2.09. The number of benzene rings is 2. The second-order valence-electron chi connectivity index (χ2n) is 4.30. The van der Waals surface area contributed by atoms with Gasteiger partial charge in [0.25, 0.3) is 0 Å². The van der Waals surface area contributed by atoms with E-state index in [9.17, 15) is 8.42 Å². The summed E-state index contributed by atoms with van der Waals surface area (Å²) in [6.45, 7) is 0. The molecule has 0 amide bonds. The SMILES string of the molecule is N#Cc1ccc(CS(=O)(=O)Nc2ccc(Br)c(Cl)c2)cc1. The molecule has 21 heavy (non-hydrogen) atoms. The summed E-state index contributed by atoms with van der Waals surface area (Å²) in [7, 11) is -3.54. The van der Waals surface area contributed by atoms with E-state index in [1.165, 1.54) is 6.07 Å². The number of hydrogen-bond acceptors (Lipinski definition) is 3. The first-order valence-electron chi connectivity index (χ1n) is 5.84. The van der Waals surface area contributed by atoms with Gasteiger partial charge in [0.05, 0.1) is 28.1 Å². The quantitative estimate of drug-likeness (QED) is 0.867. The predicted molar refractivity (Wildman–Crippen MR) is 86.6 cm³/mol. The van der Waals surface area contributed by atoms with Crippen molar-refractivity contribution < 1.29 is 8.42 Å². The molecule has 2 aromatic carbocycles. The van der Waals surface area contributed by atoms with Crippen LogP contribution in [0.25, 0.3) is 0 Å². The number of halogens is 2. The molecule has 0 saturated carbocycles. The largest absolute Gasteiger partial charge is 0.283 e. The van der Waals surface area contributed by atoms with Crippen molar-refractivity contribution in [2.24, 2.45) is 0 Å². The maximum Gasteiger partial charge on any atom is 0.236 e. The number of sulfonamides is 1. The summed E-state index contributed by atoms with van der Waals surface area (Å²) in [5.74, 6) is -0.174. The summed E-state index contributed by atoms with van der Waals surface area (Å²) in [6, 6.07) is 13.2. The molecule has 7 heteroatoms. The highest BCUT2D eigenvalue weighted by Gasteiger charge is 2.12. The average molecular weight is 386 g/mol. The van der Waals surface area contributed by atoms with Gasteiger partial charge in [-0.05, 0) is 51.8 Å². The lowest BCUT2D eigenvalue weighted by Crippen LogP contribution is -2.15. The third-order valence-corrected chi connectivity index (χ3v) is 5.13. The molecule has 0 saturated heterocycles. The van der Waals surface area contributed by atoms with Gasteiger partial charge >= 0.3 is 0 Å². The molecule has 0 atom stereocenters. The van der Waals surface area contributed by atoms with Crippen molar-refractivity contribution in [3.05, 3.63) is 63.1 Å². The Morgan fingerprint density at radius 1 is 1.19 bits per heavy atom. The molecule has 0 aromatic heterocycles. The minimum Gasteiger partial charge on any atom is -0.283 e. The standard InChI is InChI=1S/C14H10BrClN2O2S/c15-13-6-5-12(7-14(13)16)18-21(19,20)9-11-3-1-10(8-17)2-4-11/h1-7,18H,9H2. The van der Waals surface area contributed by atoms with Gasteiger partial charge in [-0.3, -0.25) is 4.72 Å². The lowest BCUT2D eigenvalue weighted by molar-refractivity contribution is 0.600. The van der Waals surface area contributed by atoms with Gasteiger partial charge in [0.15, 0.2) is 0 Å². The van der Waals surface area contributed by atoms with Crippen molar-refractivity contribution in [2.75, 3.05) is 4.72 Å². The molecule has 0 radical (unpaired) electrons. The summed E-state index contributed by atoms with van der Waals surface area (Å²) >= 11 is 9.16. The molecule has 0 bridgehead atoms. The van der Waals surface area contributed by atoms with Crippen LogP contribution in [0, 0.1) is 11.3 Å². The fourth-order valence-electron chi connectivity index (χ4n) is 1.67. The van der Waals surface area contributed by atoms with Crippen LogP contribution in [-0.4, -0.2) is 8.42 Å². The first-order chi connectivity index (χ1) is 9.89. The van der Waals surface area contributed by atoms with Crippen molar-refractivity contribution in [1.82, 2.24) is 0 Å². The van der Waals surface area contributed by atoms with Gasteiger partial charge in [-0.25, -0.2) is 8.42 Å². The number of nitrogens with one attached hydrogen (secondary N) is 1. The van der Waals surface area contributed by atoms with Crippen molar-refractivity contribution in [1.29, 1.82) is 5.26 Å². The summed E-state index contributed by atoms with van der Waals surface area (Å²) in [5, 5.41) is 9.13. The zero-order valence-electron chi connectivity index (χ0n) is 10.7. The van der Waals surface area contributed by atoms with E-state index in [-0.39, 0.29) is 5.75 Å². The van der Waals surface area contributed by atoms with Crippen LogP contribution in [0.1, 0.15) is 11.1 Å². The second-order valence-corrected chi connectivity index (χ2v) is 7.28. The smallest absolute Gasteiger partial charge is 0.236 e. The highest BCUT2D eigenvalue weighted by atomic mass is 79.9. The van der Waals surface area contributed by atoms with Crippen LogP contribution in [0.2, 0.25) is 5.02 Å². The number of anilines is 1. The fourth-order valence-corrected chi connectivity index (χ4v) is 3.29. The molecular formula is C14H10BrClN2O2S. The van der Waals surface area contributed by atoms with E-state index in [4.69, 9.17) is 16.9 Å². The molecule has 0 fully saturated rings. The minimum absolute atomic E-state index is 0.174.